The third-order valence-corrected chi connectivity index (χ3v) is 6.69. The molecule has 9 nitrogen and oxygen atoms in total. The highest BCUT2D eigenvalue weighted by molar-refractivity contribution is 5.94. The van der Waals surface area contributed by atoms with Crippen molar-refractivity contribution in [1.82, 2.24) is 24.8 Å². The van der Waals surface area contributed by atoms with Crippen LogP contribution in [0.2, 0.25) is 0 Å². The topological polar surface area (TPSA) is 137 Å². The molecule has 1 aliphatic heterocycles. The monoisotopic (exact) mass is 500 g/mol. The lowest BCUT2D eigenvalue weighted by molar-refractivity contribution is -0.137. The average Bonchev–Trinajstić information content (AvgIpc) is 3.30. The maximum atomic E-state index is 13.2. The molecule has 0 aromatic carbocycles. The molecule has 2 atom stereocenters. The van der Waals surface area contributed by atoms with E-state index in [1.807, 2.05) is 19.9 Å². The van der Waals surface area contributed by atoms with Crippen molar-refractivity contribution in [2.24, 2.45) is 11.7 Å². The number of nitrogens with one attached hydrogen (secondary N) is 2. The molecule has 0 aliphatic carbocycles. The number of H-pyrrole nitrogens is 1. The summed E-state index contributed by atoms with van der Waals surface area (Å²) in [5.41, 5.74) is 5.92. The molecule has 0 unspecified atom stereocenters. The Kier molecular flexibility index (Phi) is 7.12. The van der Waals surface area contributed by atoms with Gasteiger partial charge in [0.15, 0.2) is 0 Å². The van der Waals surface area contributed by atoms with E-state index >= 15 is 0 Å². The molecule has 0 saturated carbocycles. The lowest BCUT2D eigenvalue weighted by Crippen LogP contribution is -2.48. The molecular formula is C24H27F3N8O. The van der Waals surface area contributed by atoms with Gasteiger partial charge in [0.2, 0.25) is 11.9 Å². The Morgan fingerprint density at radius 1 is 1.33 bits per heavy atom. The van der Waals surface area contributed by atoms with Gasteiger partial charge in [-0.3, -0.25) is 4.79 Å². The van der Waals surface area contributed by atoms with E-state index in [-0.39, 0.29) is 46.1 Å². The molecule has 3 aromatic heterocycles. The van der Waals surface area contributed by atoms with E-state index in [1.165, 1.54) is 12.4 Å². The zero-order valence-corrected chi connectivity index (χ0v) is 19.9. The zero-order chi connectivity index (χ0) is 26.0. The van der Waals surface area contributed by atoms with Crippen molar-refractivity contribution < 1.29 is 18.0 Å². The molecule has 36 heavy (non-hydrogen) atoms. The van der Waals surface area contributed by atoms with E-state index < -0.39 is 17.8 Å². The van der Waals surface area contributed by atoms with Crippen molar-refractivity contribution in [2.45, 2.75) is 51.4 Å². The highest BCUT2D eigenvalue weighted by atomic mass is 19.4. The first-order chi connectivity index (χ1) is 17.1. The second-order valence-electron chi connectivity index (χ2n) is 9.00. The first-order valence-electron chi connectivity index (χ1n) is 11.7. The first kappa shape index (κ1) is 25.4. The van der Waals surface area contributed by atoms with Gasteiger partial charge in [-0.1, -0.05) is 6.92 Å². The van der Waals surface area contributed by atoms with Gasteiger partial charge in [0, 0.05) is 42.5 Å². The molecule has 4 N–H and O–H groups in total. The summed E-state index contributed by atoms with van der Waals surface area (Å²) in [5, 5.41) is 13.0. The fourth-order valence-corrected chi connectivity index (χ4v) is 4.44. The van der Waals surface area contributed by atoms with Crippen molar-refractivity contribution in [3.8, 4) is 17.3 Å². The molecule has 0 bridgehead atoms. The molecule has 1 aliphatic rings. The molecular weight excluding hydrogens is 473 g/mol. The van der Waals surface area contributed by atoms with Gasteiger partial charge in [-0.25, -0.2) is 15.0 Å². The van der Waals surface area contributed by atoms with Crippen LogP contribution in [-0.2, 0) is 11.0 Å². The maximum absolute atomic E-state index is 13.2. The normalized spacial score (nSPS) is 16.5. The molecule has 12 heteroatoms. The molecule has 0 radical (unpaired) electrons. The number of amides is 1. The molecule has 0 spiro atoms. The maximum Gasteiger partial charge on any atom is 0.417 e. The Hall–Kier alpha value is -3.72. The number of carbonyl (C=O) groups excluding carboxylic acids is 1. The number of nitrogens with two attached hydrogens (primary N) is 1. The highest BCUT2D eigenvalue weighted by Crippen LogP contribution is 2.35. The van der Waals surface area contributed by atoms with Crippen LogP contribution in [0.4, 0.5) is 19.1 Å². The van der Waals surface area contributed by atoms with Gasteiger partial charge in [-0.05, 0) is 38.2 Å². The number of carbonyl (C=O) groups is 1. The van der Waals surface area contributed by atoms with Crippen molar-refractivity contribution >= 4 is 22.9 Å². The van der Waals surface area contributed by atoms with Crippen molar-refractivity contribution in [1.29, 1.82) is 5.26 Å². The van der Waals surface area contributed by atoms with Crippen LogP contribution in [0.15, 0.2) is 24.7 Å². The summed E-state index contributed by atoms with van der Waals surface area (Å²) in [6, 6.07) is 2.49. The van der Waals surface area contributed by atoms with E-state index in [0.717, 1.165) is 25.1 Å². The van der Waals surface area contributed by atoms with Crippen LogP contribution >= 0.6 is 0 Å². The van der Waals surface area contributed by atoms with Crippen LogP contribution in [-0.4, -0.2) is 55.9 Å². The van der Waals surface area contributed by atoms with Crippen LogP contribution in [0.25, 0.3) is 22.3 Å². The molecule has 1 fully saturated rings. The molecule has 3 aromatic rings. The Balaban J connectivity index is 1.54. The lowest BCUT2D eigenvalue weighted by Gasteiger charge is -2.36. The second-order valence-corrected chi connectivity index (χ2v) is 9.00. The number of nitriles is 1. The van der Waals surface area contributed by atoms with E-state index in [2.05, 4.69) is 25.3 Å². The Labute approximate surface area is 205 Å². The molecule has 1 saturated heterocycles. The minimum Gasteiger partial charge on any atom is -0.351 e. The van der Waals surface area contributed by atoms with Gasteiger partial charge in [-0.2, -0.15) is 18.4 Å². The smallest absolute Gasteiger partial charge is 0.351 e. The summed E-state index contributed by atoms with van der Waals surface area (Å²) >= 11 is 0. The number of anilines is 1. The number of likely N-dealkylation sites (tertiary alicyclic amines) is 1. The molecule has 1 amide bonds. The summed E-state index contributed by atoms with van der Waals surface area (Å²) in [6.45, 7) is 5.11. The lowest BCUT2D eigenvalue weighted by atomic mass is 9.90. The predicted octanol–water partition coefficient (Wildman–Crippen LogP) is 3.69. The molecule has 4 heterocycles. The number of nitrogens with zero attached hydrogens (tertiary/aromatic N) is 5. The van der Waals surface area contributed by atoms with Gasteiger partial charge in [-0.15, -0.1) is 0 Å². The number of hydrogen-bond donors (Lipinski definition) is 3. The number of piperidine rings is 1. The van der Waals surface area contributed by atoms with Gasteiger partial charge in [0.1, 0.15) is 11.7 Å². The molecule has 190 valence electrons. The number of aromatic nitrogens is 4. The number of pyridine rings is 1. The van der Waals surface area contributed by atoms with E-state index in [9.17, 15) is 23.2 Å². The standard InChI is InChI=1S/C24H27F3N8O/c1-3-19(29)22(36)35-6-4-14(5-7-35)13(2)33-23-32-10-15(9-28)20(34-23)18-12-31-21-17(18)8-16(11-30-21)24(25,26)27/h8,10-14,19H,3-7,29H2,1-2H3,(H,30,31)(H,32,33,34)/t13-,19-/m1/s1. The number of rotatable bonds is 6. The van der Waals surface area contributed by atoms with E-state index in [0.29, 0.717) is 25.1 Å². The molecule has 4 rings (SSSR count). The highest BCUT2D eigenvalue weighted by Gasteiger charge is 2.32. The number of halogens is 3. The largest absolute Gasteiger partial charge is 0.417 e. The number of aromatic amines is 1. The van der Waals surface area contributed by atoms with Crippen LogP contribution in [0, 0.1) is 17.2 Å². The summed E-state index contributed by atoms with van der Waals surface area (Å²) in [7, 11) is 0. The van der Waals surface area contributed by atoms with E-state index in [4.69, 9.17) is 5.73 Å². The van der Waals surface area contributed by atoms with Gasteiger partial charge in [0.25, 0.3) is 0 Å². The van der Waals surface area contributed by atoms with E-state index in [1.54, 1.807) is 4.90 Å². The van der Waals surface area contributed by atoms with Crippen molar-refractivity contribution in [2.75, 3.05) is 18.4 Å². The Morgan fingerprint density at radius 3 is 2.69 bits per heavy atom. The van der Waals surface area contributed by atoms with Crippen LogP contribution in [0.3, 0.4) is 0 Å². The van der Waals surface area contributed by atoms with Crippen LogP contribution in [0.1, 0.15) is 44.2 Å². The SMILES string of the molecule is CC[C@@H](N)C(=O)N1CCC([C@@H](C)Nc2ncc(C#N)c(-c3c[nH]c4ncc(C(F)(F)F)cc34)n2)CC1. The van der Waals surface area contributed by atoms with Gasteiger partial charge < -0.3 is 20.9 Å². The quantitative estimate of drug-likeness (QED) is 0.470. The van der Waals surface area contributed by atoms with Crippen LogP contribution < -0.4 is 11.1 Å². The summed E-state index contributed by atoms with van der Waals surface area (Å²) < 4.78 is 39.7. The fourth-order valence-electron chi connectivity index (χ4n) is 4.44. The summed E-state index contributed by atoms with van der Waals surface area (Å²) in [4.78, 5) is 29.6. The number of alkyl halides is 3. The van der Waals surface area contributed by atoms with Gasteiger partial charge in [0.05, 0.1) is 29.1 Å². The predicted molar refractivity (Wildman–Crippen MR) is 127 cm³/mol. The number of hydrogen-bond acceptors (Lipinski definition) is 7. The minimum absolute atomic E-state index is 0.0291. The third kappa shape index (κ3) is 5.11. The fraction of sp³-hybridized carbons (Fsp3) is 0.458. The Morgan fingerprint density at radius 2 is 2.06 bits per heavy atom. The average molecular weight is 501 g/mol. The third-order valence-electron chi connectivity index (χ3n) is 6.69. The minimum atomic E-state index is -4.55. The first-order valence-corrected chi connectivity index (χ1v) is 11.7. The second kappa shape index (κ2) is 10.1. The van der Waals surface area contributed by atoms with Crippen molar-refractivity contribution in [3.05, 3.63) is 35.8 Å². The van der Waals surface area contributed by atoms with Gasteiger partial charge >= 0.3 is 6.18 Å². The summed E-state index contributed by atoms with van der Waals surface area (Å²) in [5.74, 6) is 0.483. The van der Waals surface area contributed by atoms with Crippen molar-refractivity contribution in [3.63, 3.8) is 0 Å². The zero-order valence-electron chi connectivity index (χ0n) is 19.9. The van der Waals surface area contributed by atoms with Crippen LogP contribution in [0.5, 0.6) is 0 Å². The summed E-state index contributed by atoms with van der Waals surface area (Å²) in [6.07, 6.45) is 1.22. The Bertz CT molecular complexity index is 1290. The number of fused-ring (bicyclic) bond motifs is 1.